The smallest absolute Gasteiger partial charge is 0.118 e. The van der Waals surface area contributed by atoms with Gasteiger partial charge in [0.25, 0.3) is 0 Å². The highest BCUT2D eigenvalue weighted by Gasteiger charge is 2.25. The van der Waals surface area contributed by atoms with Gasteiger partial charge in [-0.1, -0.05) is 12.1 Å². The highest BCUT2D eigenvalue weighted by molar-refractivity contribution is 5.27. The molecule has 0 aliphatic carbocycles. The summed E-state index contributed by atoms with van der Waals surface area (Å²) in [4.78, 5) is 2.36. The molecule has 0 saturated carbocycles. The fourth-order valence-corrected chi connectivity index (χ4v) is 2.05. The Morgan fingerprint density at radius 3 is 2.62 bits per heavy atom. The number of ether oxygens (including phenoxy) is 1. The molecule has 1 heterocycles. The lowest BCUT2D eigenvalue weighted by Gasteiger charge is -2.38. The van der Waals surface area contributed by atoms with E-state index in [1.54, 1.807) is 7.11 Å². The highest BCUT2D eigenvalue weighted by Crippen LogP contribution is 2.21. The molecule has 3 nitrogen and oxygen atoms in total. The fourth-order valence-electron chi connectivity index (χ4n) is 2.05. The van der Waals surface area contributed by atoms with Crippen LogP contribution in [0.5, 0.6) is 5.75 Å². The van der Waals surface area contributed by atoms with E-state index in [4.69, 9.17) is 10.00 Å². The SMILES string of the molecule is COc1ccc(CN2CC(CC#N)C2)cc1. The van der Waals surface area contributed by atoms with Gasteiger partial charge in [-0.2, -0.15) is 5.26 Å². The van der Waals surface area contributed by atoms with E-state index in [-0.39, 0.29) is 0 Å². The Morgan fingerprint density at radius 1 is 1.38 bits per heavy atom. The zero-order valence-corrected chi connectivity index (χ0v) is 9.52. The van der Waals surface area contributed by atoms with Gasteiger partial charge in [-0.05, 0) is 23.6 Å². The van der Waals surface area contributed by atoms with Gasteiger partial charge in [0.2, 0.25) is 0 Å². The molecule has 3 heteroatoms. The summed E-state index contributed by atoms with van der Waals surface area (Å²) in [7, 11) is 1.68. The average molecular weight is 216 g/mol. The lowest BCUT2D eigenvalue weighted by Crippen LogP contribution is -2.45. The second-order valence-electron chi connectivity index (χ2n) is 4.27. The summed E-state index contributed by atoms with van der Waals surface area (Å²) in [5, 5.41) is 8.55. The Morgan fingerprint density at radius 2 is 2.06 bits per heavy atom. The second kappa shape index (κ2) is 5.00. The number of benzene rings is 1. The van der Waals surface area contributed by atoms with Gasteiger partial charge < -0.3 is 4.74 Å². The normalized spacial score (nSPS) is 16.5. The van der Waals surface area contributed by atoms with Crippen molar-refractivity contribution in [3.05, 3.63) is 29.8 Å². The molecule has 1 aliphatic rings. The van der Waals surface area contributed by atoms with Crippen LogP contribution in [0, 0.1) is 17.2 Å². The topological polar surface area (TPSA) is 36.3 Å². The van der Waals surface area contributed by atoms with E-state index < -0.39 is 0 Å². The van der Waals surface area contributed by atoms with Crippen LogP contribution in [0.2, 0.25) is 0 Å². The third-order valence-electron chi connectivity index (χ3n) is 2.98. The Kier molecular flexibility index (Phi) is 3.43. The van der Waals surface area contributed by atoms with Gasteiger partial charge in [0.05, 0.1) is 13.2 Å². The monoisotopic (exact) mass is 216 g/mol. The second-order valence-corrected chi connectivity index (χ2v) is 4.27. The van der Waals surface area contributed by atoms with Gasteiger partial charge >= 0.3 is 0 Å². The lowest BCUT2D eigenvalue weighted by molar-refractivity contribution is 0.0955. The zero-order valence-electron chi connectivity index (χ0n) is 9.52. The Hall–Kier alpha value is -1.53. The fraction of sp³-hybridized carbons (Fsp3) is 0.462. The number of hydrogen-bond donors (Lipinski definition) is 0. The first-order valence-corrected chi connectivity index (χ1v) is 5.54. The largest absolute Gasteiger partial charge is 0.497 e. The summed E-state index contributed by atoms with van der Waals surface area (Å²) in [5.41, 5.74) is 1.30. The van der Waals surface area contributed by atoms with Crippen molar-refractivity contribution in [1.29, 1.82) is 5.26 Å². The molecule has 0 spiro atoms. The number of methoxy groups -OCH3 is 1. The van der Waals surface area contributed by atoms with Crippen molar-refractivity contribution in [1.82, 2.24) is 4.90 Å². The van der Waals surface area contributed by atoms with Gasteiger partial charge in [0.1, 0.15) is 5.75 Å². The predicted octanol–water partition coefficient (Wildman–Crippen LogP) is 2.04. The standard InChI is InChI=1S/C13H16N2O/c1-16-13-4-2-11(3-5-13)8-15-9-12(10-15)6-7-14/h2-5,12H,6,8-10H2,1H3. The lowest BCUT2D eigenvalue weighted by atomic mass is 9.96. The minimum absolute atomic E-state index is 0.586. The van der Waals surface area contributed by atoms with Crippen LogP contribution >= 0.6 is 0 Å². The van der Waals surface area contributed by atoms with Crippen molar-refractivity contribution in [2.75, 3.05) is 20.2 Å². The molecule has 1 saturated heterocycles. The first-order valence-electron chi connectivity index (χ1n) is 5.54. The van der Waals surface area contributed by atoms with E-state index >= 15 is 0 Å². The highest BCUT2D eigenvalue weighted by atomic mass is 16.5. The van der Waals surface area contributed by atoms with E-state index in [9.17, 15) is 0 Å². The maximum Gasteiger partial charge on any atom is 0.118 e. The van der Waals surface area contributed by atoms with Crippen molar-refractivity contribution >= 4 is 0 Å². The Labute approximate surface area is 96.2 Å². The molecule has 1 aliphatic heterocycles. The summed E-state index contributed by atoms with van der Waals surface area (Å²) in [5.74, 6) is 1.48. The van der Waals surface area contributed by atoms with E-state index in [1.165, 1.54) is 5.56 Å². The van der Waals surface area contributed by atoms with Gasteiger partial charge in [0, 0.05) is 26.1 Å². The number of likely N-dealkylation sites (tertiary alicyclic amines) is 1. The van der Waals surface area contributed by atoms with Gasteiger partial charge in [0.15, 0.2) is 0 Å². The molecule has 0 radical (unpaired) electrons. The minimum Gasteiger partial charge on any atom is -0.497 e. The summed E-state index contributed by atoms with van der Waals surface area (Å²) < 4.78 is 5.11. The van der Waals surface area contributed by atoms with Crippen LogP contribution in [-0.4, -0.2) is 25.1 Å². The Balaban J connectivity index is 1.80. The van der Waals surface area contributed by atoms with Crippen LogP contribution in [0.25, 0.3) is 0 Å². The zero-order chi connectivity index (χ0) is 11.4. The number of rotatable bonds is 4. The maximum atomic E-state index is 8.55. The molecule has 2 rings (SSSR count). The van der Waals surface area contributed by atoms with Crippen molar-refractivity contribution in [3.63, 3.8) is 0 Å². The molecule has 1 fully saturated rings. The van der Waals surface area contributed by atoms with Crippen molar-refractivity contribution in [2.24, 2.45) is 5.92 Å². The van der Waals surface area contributed by atoms with E-state index in [0.29, 0.717) is 12.3 Å². The Bertz CT molecular complexity index is 374. The van der Waals surface area contributed by atoms with E-state index in [0.717, 1.165) is 25.4 Å². The first kappa shape index (κ1) is 11.0. The minimum atomic E-state index is 0.586. The summed E-state index contributed by atoms with van der Waals surface area (Å²) in [6.45, 7) is 3.09. The van der Waals surface area contributed by atoms with Crippen LogP contribution < -0.4 is 4.74 Å². The van der Waals surface area contributed by atoms with Gasteiger partial charge in [-0.3, -0.25) is 4.90 Å². The molecule has 0 atom stereocenters. The average Bonchev–Trinajstić information content (AvgIpc) is 2.27. The molecule has 0 unspecified atom stereocenters. The first-order chi connectivity index (χ1) is 7.81. The molecule has 16 heavy (non-hydrogen) atoms. The van der Waals surface area contributed by atoms with Crippen LogP contribution in [-0.2, 0) is 6.54 Å². The van der Waals surface area contributed by atoms with Gasteiger partial charge in [-0.15, -0.1) is 0 Å². The molecule has 1 aromatic rings. The molecule has 1 aromatic carbocycles. The number of hydrogen-bond acceptors (Lipinski definition) is 3. The molecule has 0 aromatic heterocycles. The van der Waals surface area contributed by atoms with Crippen LogP contribution in [0.15, 0.2) is 24.3 Å². The third-order valence-corrected chi connectivity index (χ3v) is 2.98. The molecular formula is C13H16N2O. The maximum absolute atomic E-state index is 8.55. The summed E-state index contributed by atoms with van der Waals surface area (Å²) in [6.07, 6.45) is 0.694. The van der Waals surface area contributed by atoms with Crippen molar-refractivity contribution in [2.45, 2.75) is 13.0 Å². The quantitative estimate of drug-likeness (QED) is 0.772. The number of nitriles is 1. The molecule has 0 bridgehead atoms. The van der Waals surface area contributed by atoms with Crippen LogP contribution in [0.4, 0.5) is 0 Å². The van der Waals surface area contributed by atoms with E-state index in [1.807, 2.05) is 12.1 Å². The molecule has 0 N–H and O–H groups in total. The molecule has 0 amide bonds. The van der Waals surface area contributed by atoms with Crippen molar-refractivity contribution in [3.8, 4) is 11.8 Å². The number of nitrogens with zero attached hydrogens (tertiary/aromatic N) is 2. The van der Waals surface area contributed by atoms with Crippen LogP contribution in [0.1, 0.15) is 12.0 Å². The summed E-state index contributed by atoms with van der Waals surface area (Å²) in [6, 6.07) is 10.4. The summed E-state index contributed by atoms with van der Waals surface area (Å²) >= 11 is 0. The molecular weight excluding hydrogens is 200 g/mol. The third kappa shape index (κ3) is 2.53. The van der Waals surface area contributed by atoms with Crippen LogP contribution in [0.3, 0.4) is 0 Å². The van der Waals surface area contributed by atoms with E-state index in [2.05, 4.69) is 23.1 Å². The van der Waals surface area contributed by atoms with Crippen molar-refractivity contribution < 1.29 is 4.74 Å². The molecule has 84 valence electrons. The predicted molar refractivity (Wildman–Crippen MR) is 62.0 cm³/mol. The van der Waals surface area contributed by atoms with Gasteiger partial charge in [-0.25, -0.2) is 0 Å².